The van der Waals surface area contributed by atoms with Crippen LogP contribution < -0.4 is 5.32 Å². The van der Waals surface area contributed by atoms with Crippen LogP contribution in [0.2, 0.25) is 5.02 Å². The summed E-state index contributed by atoms with van der Waals surface area (Å²) in [7, 11) is 0. The van der Waals surface area contributed by atoms with Crippen molar-refractivity contribution in [2.24, 2.45) is 0 Å². The Morgan fingerprint density at radius 1 is 1.10 bits per heavy atom. The van der Waals surface area contributed by atoms with E-state index in [9.17, 15) is 4.79 Å². The number of carbonyl (C=O) groups excluding carboxylic acids is 1. The van der Waals surface area contributed by atoms with E-state index in [1.165, 1.54) is 12.5 Å². The van der Waals surface area contributed by atoms with Crippen LogP contribution in [0, 0.1) is 20.8 Å². The molecule has 146 valence electrons. The van der Waals surface area contributed by atoms with Crippen molar-refractivity contribution in [2.45, 2.75) is 27.3 Å². The van der Waals surface area contributed by atoms with Gasteiger partial charge in [0.2, 0.25) is 0 Å². The van der Waals surface area contributed by atoms with E-state index in [4.69, 9.17) is 11.6 Å². The highest BCUT2D eigenvalue weighted by Gasteiger charge is 2.20. The van der Waals surface area contributed by atoms with Crippen molar-refractivity contribution in [3.8, 4) is 0 Å². The van der Waals surface area contributed by atoms with Gasteiger partial charge in [-0.05, 0) is 39.0 Å². The van der Waals surface area contributed by atoms with Gasteiger partial charge in [-0.15, -0.1) is 0 Å². The zero-order valence-electron chi connectivity index (χ0n) is 16.3. The van der Waals surface area contributed by atoms with E-state index >= 15 is 0 Å². The van der Waals surface area contributed by atoms with Crippen LogP contribution in [-0.2, 0) is 6.54 Å². The average molecular weight is 407 g/mol. The topological polar surface area (TPSA) is 85.6 Å². The lowest BCUT2D eigenvalue weighted by Gasteiger charge is -2.08. The monoisotopic (exact) mass is 406 g/mol. The number of carbonyl (C=O) groups is 1. The quantitative estimate of drug-likeness (QED) is 0.551. The van der Waals surface area contributed by atoms with Crippen LogP contribution in [0.15, 0.2) is 42.9 Å². The fraction of sp³-hybridized carbons (Fsp3) is 0.190. The van der Waals surface area contributed by atoms with Gasteiger partial charge >= 0.3 is 0 Å². The molecule has 0 aliphatic carbocycles. The van der Waals surface area contributed by atoms with E-state index in [1.807, 2.05) is 51.1 Å². The minimum Gasteiger partial charge on any atom is -0.322 e. The summed E-state index contributed by atoms with van der Waals surface area (Å²) in [6.07, 6.45) is 3.01. The highest BCUT2D eigenvalue weighted by molar-refractivity contribution is 6.39. The second-order valence-corrected chi connectivity index (χ2v) is 7.28. The van der Waals surface area contributed by atoms with Crippen LogP contribution in [-0.4, -0.2) is 30.6 Å². The molecule has 0 spiro atoms. The third kappa shape index (κ3) is 3.82. The standard InChI is InChI=1S/C21H19ClN6O/c1-12-4-6-15(7-5-12)26-21(29)17-9-23-20-18(19(17)22)14(3)27-28(20)10-16-8-13(2)24-11-25-16/h4-9,11H,10H2,1-3H3,(H,26,29). The van der Waals surface area contributed by atoms with Gasteiger partial charge < -0.3 is 5.32 Å². The summed E-state index contributed by atoms with van der Waals surface area (Å²) in [4.78, 5) is 25.6. The second-order valence-electron chi connectivity index (χ2n) is 6.90. The lowest BCUT2D eigenvalue weighted by Crippen LogP contribution is -2.13. The predicted octanol–water partition coefficient (Wildman–Crippen LogP) is 4.10. The van der Waals surface area contributed by atoms with E-state index in [0.29, 0.717) is 39.5 Å². The fourth-order valence-electron chi connectivity index (χ4n) is 3.13. The van der Waals surface area contributed by atoms with Gasteiger partial charge in [0, 0.05) is 17.6 Å². The zero-order valence-corrected chi connectivity index (χ0v) is 17.0. The molecule has 0 fully saturated rings. The van der Waals surface area contributed by atoms with Crippen molar-refractivity contribution in [3.05, 3.63) is 76.1 Å². The zero-order chi connectivity index (χ0) is 20.5. The van der Waals surface area contributed by atoms with Crippen LogP contribution >= 0.6 is 11.6 Å². The first-order valence-electron chi connectivity index (χ1n) is 9.09. The summed E-state index contributed by atoms with van der Waals surface area (Å²) >= 11 is 6.59. The predicted molar refractivity (Wildman–Crippen MR) is 112 cm³/mol. The van der Waals surface area contributed by atoms with Gasteiger partial charge in [0.15, 0.2) is 5.65 Å². The Hall–Kier alpha value is -3.32. The van der Waals surface area contributed by atoms with Crippen molar-refractivity contribution >= 4 is 34.2 Å². The molecule has 0 aliphatic heterocycles. The second kappa shape index (κ2) is 7.60. The third-order valence-electron chi connectivity index (χ3n) is 4.60. The molecule has 1 N–H and O–H groups in total. The lowest BCUT2D eigenvalue weighted by atomic mass is 10.2. The number of halogens is 1. The Balaban J connectivity index is 1.67. The van der Waals surface area contributed by atoms with Crippen LogP contribution in [0.25, 0.3) is 11.0 Å². The molecule has 0 saturated heterocycles. The largest absolute Gasteiger partial charge is 0.322 e. The van der Waals surface area contributed by atoms with Crippen molar-refractivity contribution in [2.75, 3.05) is 5.32 Å². The number of amides is 1. The molecule has 29 heavy (non-hydrogen) atoms. The van der Waals surface area contributed by atoms with E-state index < -0.39 is 0 Å². The number of anilines is 1. The maximum atomic E-state index is 12.7. The van der Waals surface area contributed by atoms with Gasteiger partial charge in [0.25, 0.3) is 5.91 Å². The molecular formula is C21H19ClN6O. The summed E-state index contributed by atoms with van der Waals surface area (Å²) in [5, 5.41) is 8.40. The Bertz CT molecular complexity index is 1220. The lowest BCUT2D eigenvalue weighted by molar-refractivity contribution is 0.102. The Morgan fingerprint density at radius 3 is 2.59 bits per heavy atom. The summed E-state index contributed by atoms with van der Waals surface area (Å²) < 4.78 is 1.74. The van der Waals surface area contributed by atoms with Gasteiger partial charge in [-0.1, -0.05) is 29.3 Å². The highest BCUT2D eigenvalue weighted by atomic mass is 35.5. The van der Waals surface area contributed by atoms with E-state index in [2.05, 4.69) is 25.4 Å². The molecule has 0 aliphatic rings. The molecule has 0 atom stereocenters. The molecule has 0 unspecified atom stereocenters. The minimum atomic E-state index is -0.313. The number of pyridine rings is 1. The molecule has 0 radical (unpaired) electrons. The van der Waals surface area contributed by atoms with E-state index in [1.54, 1.807) is 4.68 Å². The van der Waals surface area contributed by atoms with Gasteiger partial charge in [0.1, 0.15) is 6.33 Å². The molecule has 1 aromatic carbocycles. The van der Waals surface area contributed by atoms with Crippen LogP contribution in [0.4, 0.5) is 5.69 Å². The number of aryl methyl sites for hydroxylation is 3. The van der Waals surface area contributed by atoms with Crippen molar-refractivity contribution in [3.63, 3.8) is 0 Å². The maximum absolute atomic E-state index is 12.7. The van der Waals surface area contributed by atoms with Crippen molar-refractivity contribution in [1.82, 2.24) is 24.7 Å². The van der Waals surface area contributed by atoms with Crippen LogP contribution in [0.3, 0.4) is 0 Å². The Kier molecular flexibility index (Phi) is 4.98. The molecule has 4 aromatic rings. The first-order valence-corrected chi connectivity index (χ1v) is 9.47. The smallest absolute Gasteiger partial charge is 0.258 e. The van der Waals surface area contributed by atoms with Crippen LogP contribution in [0.1, 0.15) is 33.0 Å². The van der Waals surface area contributed by atoms with Crippen LogP contribution in [0.5, 0.6) is 0 Å². The molecule has 1 amide bonds. The van der Waals surface area contributed by atoms with E-state index in [-0.39, 0.29) is 5.91 Å². The molecular weight excluding hydrogens is 388 g/mol. The SMILES string of the molecule is Cc1ccc(NC(=O)c2cnc3c(c(C)nn3Cc3cc(C)ncn3)c2Cl)cc1. The fourth-order valence-corrected chi connectivity index (χ4v) is 3.48. The minimum absolute atomic E-state index is 0.306. The van der Waals surface area contributed by atoms with Gasteiger partial charge in [-0.2, -0.15) is 5.10 Å². The van der Waals surface area contributed by atoms with E-state index in [0.717, 1.165) is 17.0 Å². The summed E-state index contributed by atoms with van der Waals surface area (Å²) in [6, 6.07) is 9.46. The van der Waals surface area contributed by atoms with Gasteiger partial charge in [-0.25, -0.2) is 19.6 Å². The Morgan fingerprint density at radius 2 is 1.86 bits per heavy atom. The Labute approximate surface area is 172 Å². The molecule has 0 bridgehead atoms. The van der Waals surface area contributed by atoms with Crippen molar-refractivity contribution < 1.29 is 4.79 Å². The highest BCUT2D eigenvalue weighted by Crippen LogP contribution is 2.29. The molecule has 8 heteroatoms. The average Bonchev–Trinajstić information content (AvgIpc) is 3.00. The summed E-state index contributed by atoms with van der Waals surface area (Å²) in [6.45, 7) is 6.18. The number of nitrogens with one attached hydrogen (secondary N) is 1. The first kappa shape index (κ1) is 19.0. The molecule has 0 saturated carbocycles. The van der Waals surface area contributed by atoms with Gasteiger partial charge in [-0.3, -0.25) is 4.79 Å². The number of hydrogen-bond acceptors (Lipinski definition) is 5. The maximum Gasteiger partial charge on any atom is 0.258 e. The first-order chi connectivity index (χ1) is 13.9. The number of benzene rings is 1. The van der Waals surface area contributed by atoms with Crippen molar-refractivity contribution in [1.29, 1.82) is 0 Å². The summed E-state index contributed by atoms with van der Waals surface area (Å²) in [5.74, 6) is -0.313. The number of hydrogen-bond donors (Lipinski definition) is 1. The number of aromatic nitrogens is 5. The molecule has 7 nitrogen and oxygen atoms in total. The van der Waals surface area contributed by atoms with Gasteiger partial charge in [0.05, 0.1) is 33.9 Å². The molecule has 4 rings (SSSR count). The molecule has 3 aromatic heterocycles. The third-order valence-corrected chi connectivity index (χ3v) is 4.99. The molecule has 3 heterocycles. The number of fused-ring (bicyclic) bond motifs is 1. The number of nitrogens with zero attached hydrogens (tertiary/aromatic N) is 5. The summed E-state index contributed by atoms with van der Waals surface area (Å²) in [5.41, 5.74) is 5.13. The number of rotatable bonds is 4. The normalized spacial score (nSPS) is 11.0.